The molecule has 0 radical (unpaired) electrons. The normalized spacial score (nSPS) is 10.1. The van der Waals surface area contributed by atoms with Gasteiger partial charge in [-0.05, 0) is 18.2 Å². The Morgan fingerprint density at radius 3 is 2.56 bits per heavy atom. The first-order chi connectivity index (χ1) is 12.9. The third-order valence-electron chi connectivity index (χ3n) is 3.71. The predicted molar refractivity (Wildman–Crippen MR) is 98.8 cm³/mol. The summed E-state index contributed by atoms with van der Waals surface area (Å²) in [5, 5.41) is 22.6. The Bertz CT molecular complexity index is 825. The highest BCUT2D eigenvalue weighted by molar-refractivity contribution is 5.99. The molecule has 0 aliphatic heterocycles. The van der Waals surface area contributed by atoms with E-state index in [1.165, 1.54) is 17.0 Å². The number of anilines is 2. The molecule has 142 valence electrons. The second-order valence-corrected chi connectivity index (χ2v) is 5.50. The monoisotopic (exact) mass is 373 g/mol. The molecular formula is C18H19N3O6. The molecule has 0 heterocycles. The van der Waals surface area contributed by atoms with Crippen LogP contribution in [0.4, 0.5) is 17.1 Å². The zero-order valence-electron chi connectivity index (χ0n) is 14.6. The van der Waals surface area contributed by atoms with Crippen molar-refractivity contribution in [2.75, 3.05) is 37.0 Å². The van der Waals surface area contributed by atoms with Crippen LogP contribution >= 0.6 is 0 Å². The third kappa shape index (κ3) is 5.25. The van der Waals surface area contributed by atoms with Gasteiger partial charge < -0.3 is 20.1 Å². The van der Waals surface area contributed by atoms with Gasteiger partial charge in [0.15, 0.2) is 6.61 Å². The summed E-state index contributed by atoms with van der Waals surface area (Å²) in [6.07, 6.45) is 0. The number of para-hydroxylation sites is 1. The molecule has 0 aliphatic rings. The number of carbonyl (C=O) groups excluding carboxylic acids is 2. The van der Waals surface area contributed by atoms with Gasteiger partial charge >= 0.3 is 5.97 Å². The van der Waals surface area contributed by atoms with Crippen molar-refractivity contribution in [2.45, 2.75) is 0 Å². The van der Waals surface area contributed by atoms with Crippen LogP contribution in [0.1, 0.15) is 10.4 Å². The number of likely N-dealkylation sites (N-methyl/N-ethyl adjacent to an activating group) is 1. The van der Waals surface area contributed by atoms with E-state index >= 15 is 0 Å². The van der Waals surface area contributed by atoms with E-state index in [4.69, 9.17) is 9.84 Å². The smallest absolute Gasteiger partial charge is 0.341 e. The van der Waals surface area contributed by atoms with Gasteiger partial charge in [-0.1, -0.05) is 18.2 Å². The Morgan fingerprint density at radius 2 is 1.93 bits per heavy atom. The summed E-state index contributed by atoms with van der Waals surface area (Å²) < 4.78 is 5.03. The fourth-order valence-corrected chi connectivity index (χ4v) is 2.26. The number of esters is 1. The molecule has 2 aromatic rings. The van der Waals surface area contributed by atoms with Crippen molar-refractivity contribution >= 4 is 28.9 Å². The number of aliphatic hydroxyl groups is 1. The lowest BCUT2D eigenvalue weighted by molar-refractivity contribution is -0.384. The van der Waals surface area contributed by atoms with Crippen molar-refractivity contribution in [1.29, 1.82) is 0 Å². The Labute approximate surface area is 155 Å². The average molecular weight is 373 g/mol. The van der Waals surface area contributed by atoms with Gasteiger partial charge in [0.2, 0.25) is 0 Å². The molecule has 27 heavy (non-hydrogen) atoms. The highest BCUT2D eigenvalue weighted by Crippen LogP contribution is 2.23. The molecule has 0 saturated heterocycles. The van der Waals surface area contributed by atoms with Crippen LogP contribution in [-0.4, -0.2) is 48.7 Å². The van der Waals surface area contributed by atoms with Crippen molar-refractivity contribution in [1.82, 2.24) is 0 Å². The number of nitro benzene ring substituents is 1. The number of nitrogens with zero attached hydrogens (tertiary/aromatic N) is 2. The quantitative estimate of drug-likeness (QED) is 0.411. The molecule has 0 bridgehead atoms. The summed E-state index contributed by atoms with van der Waals surface area (Å²) in [6.45, 7) is -0.564. The topological polar surface area (TPSA) is 122 Å². The summed E-state index contributed by atoms with van der Waals surface area (Å²) in [4.78, 5) is 36.2. The van der Waals surface area contributed by atoms with E-state index in [9.17, 15) is 19.7 Å². The van der Waals surface area contributed by atoms with Crippen molar-refractivity contribution in [3.63, 3.8) is 0 Å². The molecule has 9 heteroatoms. The van der Waals surface area contributed by atoms with Gasteiger partial charge in [-0.3, -0.25) is 14.9 Å². The minimum Gasteiger partial charge on any atom is -0.452 e. The summed E-state index contributed by atoms with van der Waals surface area (Å²) >= 11 is 0. The van der Waals surface area contributed by atoms with E-state index in [0.29, 0.717) is 5.69 Å². The van der Waals surface area contributed by atoms with Gasteiger partial charge in [-0.25, -0.2) is 4.79 Å². The molecular weight excluding hydrogens is 354 g/mol. The summed E-state index contributed by atoms with van der Waals surface area (Å²) in [5.74, 6) is -1.33. The fraction of sp³-hybridized carbons (Fsp3) is 0.222. The molecule has 2 N–H and O–H groups in total. The van der Waals surface area contributed by atoms with Crippen molar-refractivity contribution < 1.29 is 24.4 Å². The lowest BCUT2D eigenvalue weighted by atomic mass is 10.1. The summed E-state index contributed by atoms with van der Waals surface area (Å²) in [7, 11) is 1.55. The highest BCUT2D eigenvalue weighted by atomic mass is 16.6. The van der Waals surface area contributed by atoms with Gasteiger partial charge in [0.25, 0.3) is 11.6 Å². The van der Waals surface area contributed by atoms with Crippen molar-refractivity contribution in [3.05, 3.63) is 64.2 Å². The summed E-state index contributed by atoms with van der Waals surface area (Å²) in [6, 6.07) is 12.5. The number of ether oxygens (including phenoxy) is 1. The zero-order chi connectivity index (χ0) is 19.8. The van der Waals surface area contributed by atoms with E-state index in [0.717, 1.165) is 6.07 Å². The molecule has 0 aliphatic carbocycles. The molecule has 0 saturated carbocycles. The lowest BCUT2D eigenvalue weighted by Gasteiger charge is -2.17. The van der Waals surface area contributed by atoms with Crippen LogP contribution in [0.5, 0.6) is 0 Å². The molecule has 1 amide bonds. The highest BCUT2D eigenvalue weighted by Gasteiger charge is 2.20. The van der Waals surface area contributed by atoms with Crippen LogP contribution in [0, 0.1) is 10.1 Å². The number of hydrogen-bond donors (Lipinski definition) is 2. The molecule has 0 fully saturated rings. The van der Waals surface area contributed by atoms with Crippen LogP contribution in [-0.2, 0) is 9.53 Å². The van der Waals surface area contributed by atoms with E-state index in [2.05, 4.69) is 5.32 Å². The molecule has 0 unspecified atom stereocenters. The van der Waals surface area contributed by atoms with E-state index < -0.39 is 23.4 Å². The fourth-order valence-electron chi connectivity index (χ4n) is 2.26. The molecule has 0 atom stereocenters. The third-order valence-corrected chi connectivity index (χ3v) is 3.71. The first kappa shape index (κ1) is 19.9. The van der Waals surface area contributed by atoms with Gasteiger partial charge in [0, 0.05) is 37.1 Å². The number of carbonyl (C=O) groups is 2. The van der Waals surface area contributed by atoms with Gasteiger partial charge in [-0.15, -0.1) is 0 Å². The number of benzene rings is 2. The number of amides is 1. The molecule has 0 aromatic heterocycles. The number of non-ortho nitro benzene ring substituents is 1. The first-order valence-electron chi connectivity index (χ1n) is 8.06. The second kappa shape index (κ2) is 9.30. The van der Waals surface area contributed by atoms with Gasteiger partial charge in [0.1, 0.15) is 0 Å². The Morgan fingerprint density at radius 1 is 1.22 bits per heavy atom. The largest absolute Gasteiger partial charge is 0.452 e. The van der Waals surface area contributed by atoms with Crippen LogP contribution in [0.25, 0.3) is 0 Å². The predicted octanol–water partition coefficient (Wildman–Crippen LogP) is 1.82. The maximum absolute atomic E-state index is 12.3. The van der Waals surface area contributed by atoms with Crippen LogP contribution in [0.2, 0.25) is 0 Å². The lowest BCUT2D eigenvalue weighted by Crippen LogP contribution is -2.31. The number of nitrogens with one attached hydrogen (secondary N) is 1. The maximum Gasteiger partial charge on any atom is 0.341 e. The molecule has 9 nitrogen and oxygen atoms in total. The SMILES string of the molecule is CN(C(=O)COC(=O)c1cc([N+](=O)[O-])ccc1NCCO)c1ccccc1. The minimum atomic E-state index is -0.881. The average Bonchev–Trinajstić information content (AvgIpc) is 2.70. The van der Waals surface area contributed by atoms with Crippen molar-refractivity contribution in [2.24, 2.45) is 0 Å². The van der Waals surface area contributed by atoms with Crippen molar-refractivity contribution in [3.8, 4) is 0 Å². The van der Waals surface area contributed by atoms with Crippen LogP contribution < -0.4 is 10.2 Å². The Kier molecular flexibility index (Phi) is 6.84. The number of hydrogen-bond acceptors (Lipinski definition) is 7. The van der Waals surface area contributed by atoms with Gasteiger partial charge in [0.05, 0.1) is 17.1 Å². The first-order valence-corrected chi connectivity index (χ1v) is 8.06. The number of nitro groups is 1. The molecule has 2 aromatic carbocycles. The van der Waals surface area contributed by atoms with Crippen LogP contribution in [0.3, 0.4) is 0 Å². The van der Waals surface area contributed by atoms with E-state index in [1.807, 2.05) is 6.07 Å². The van der Waals surface area contributed by atoms with E-state index in [-0.39, 0.29) is 30.1 Å². The number of aliphatic hydroxyl groups excluding tert-OH is 1. The molecule has 0 spiro atoms. The Balaban J connectivity index is 2.10. The van der Waals surface area contributed by atoms with E-state index in [1.54, 1.807) is 31.3 Å². The van der Waals surface area contributed by atoms with Gasteiger partial charge in [-0.2, -0.15) is 0 Å². The number of rotatable bonds is 8. The Hall–Kier alpha value is -3.46. The second-order valence-electron chi connectivity index (χ2n) is 5.50. The summed E-state index contributed by atoms with van der Waals surface area (Å²) in [5.41, 5.74) is 0.528. The van der Waals surface area contributed by atoms with Crippen LogP contribution in [0.15, 0.2) is 48.5 Å². The minimum absolute atomic E-state index is 0.0900. The zero-order valence-corrected chi connectivity index (χ0v) is 14.6. The molecule has 2 rings (SSSR count). The standard InChI is InChI=1S/C18H19N3O6/c1-20(13-5-3-2-4-6-13)17(23)12-27-18(24)15-11-14(21(25)26)7-8-16(15)19-9-10-22/h2-8,11,19,22H,9-10,12H2,1H3. The maximum atomic E-state index is 12.3.